The number of benzene rings is 3. The summed E-state index contributed by atoms with van der Waals surface area (Å²) in [6, 6.07) is 21.7. The molecule has 2 amide bonds. The average molecular weight is 506 g/mol. The first-order valence-electron chi connectivity index (χ1n) is 11.3. The molecule has 36 heavy (non-hydrogen) atoms. The zero-order valence-corrected chi connectivity index (χ0v) is 20.3. The van der Waals surface area contributed by atoms with Gasteiger partial charge in [-0.2, -0.15) is 0 Å². The summed E-state index contributed by atoms with van der Waals surface area (Å²) in [5, 5.41) is 2.56. The van der Waals surface area contributed by atoms with Crippen molar-refractivity contribution in [1.29, 1.82) is 0 Å². The van der Waals surface area contributed by atoms with Crippen molar-refractivity contribution in [2.24, 2.45) is 4.99 Å². The molecule has 0 radical (unpaired) electrons. The molecule has 1 N–H and O–H groups in total. The molecular weight excluding hydrogens is 481 g/mol. The minimum atomic E-state index is -0.678. The fourth-order valence-electron chi connectivity index (χ4n) is 3.60. The van der Waals surface area contributed by atoms with Crippen molar-refractivity contribution in [3.63, 3.8) is 0 Å². The first-order valence-corrected chi connectivity index (χ1v) is 12.2. The number of rotatable bonds is 7. The Morgan fingerprint density at radius 2 is 1.75 bits per heavy atom. The summed E-state index contributed by atoms with van der Waals surface area (Å²) in [6.07, 6.45) is 0.526. The highest BCUT2D eigenvalue weighted by Gasteiger charge is 2.35. The summed E-state index contributed by atoms with van der Waals surface area (Å²) in [4.78, 5) is 44.0. The Bertz CT molecular complexity index is 1260. The first-order chi connectivity index (χ1) is 17.4. The van der Waals surface area contributed by atoms with E-state index in [1.165, 1.54) is 31.0 Å². The van der Waals surface area contributed by atoms with Crippen LogP contribution >= 0.6 is 11.8 Å². The van der Waals surface area contributed by atoms with Gasteiger partial charge >= 0.3 is 5.97 Å². The van der Waals surface area contributed by atoms with Crippen LogP contribution in [0.2, 0.25) is 0 Å². The van der Waals surface area contributed by atoms with Crippen LogP contribution < -0.4 is 5.32 Å². The number of hydrogen-bond donors (Lipinski definition) is 1. The number of esters is 1. The van der Waals surface area contributed by atoms with Gasteiger partial charge in [0.05, 0.1) is 18.4 Å². The number of ether oxygens (including phenoxy) is 1. The predicted molar refractivity (Wildman–Crippen MR) is 138 cm³/mol. The van der Waals surface area contributed by atoms with Gasteiger partial charge in [0.15, 0.2) is 5.17 Å². The number of carbonyl (C=O) groups excluding carboxylic acids is 3. The van der Waals surface area contributed by atoms with Gasteiger partial charge in [0.1, 0.15) is 11.1 Å². The van der Waals surface area contributed by atoms with Gasteiger partial charge in [-0.25, -0.2) is 14.2 Å². The second-order valence-corrected chi connectivity index (χ2v) is 9.19. The third-order valence-corrected chi connectivity index (χ3v) is 6.71. The van der Waals surface area contributed by atoms with Crippen molar-refractivity contribution in [3.8, 4) is 0 Å². The van der Waals surface area contributed by atoms with E-state index in [1.54, 1.807) is 41.3 Å². The second kappa shape index (κ2) is 11.6. The Balaban J connectivity index is 1.50. The van der Waals surface area contributed by atoms with Crippen LogP contribution in [0, 0.1) is 5.82 Å². The average Bonchev–Trinajstić information content (AvgIpc) is 2.89. The molecular formula is C27H24FN3O4S. The minimum Gasteiger partial charge on any atom is -0.465 e. The number of hydrogen-bond acceptors (Lipinski definition) is 6. The number of para-hydroxylation sites is 1. The summed E-state index contributed by atoms with van der Waals surface area (Å²) in [5.74, 6) is -1.34. The zero-order chi connectivity index (χ0) is 25.5. The Morgan fingerprint density at radius 1 is 1.06 bits per heavy atom. The van der Waals surface area contributed by atoms with E-state index < -0.39 is 11.2 Å². The van der Waals surface area contributed by atoms with Crippen LogP contribution in [-0.2, 0) is 20.7 Å². The molecule has 0 spiro atoms. The van der Waals surface area contributed by atoms with Crippen LogP contribution in [0.5, 0.6) is 0 Å². The maximum absolute atomic E-state index is 13.2. The maximum atomic E-state index is 13.2. The first kappa shape index (κ1) is 25.1. The van der Waals surface area contributed by atoms with Gasteiger partial charge < -0.3 is 10.1 Å². The molecule has 1 atom stereocenters. The monoisotopic (exact) mass is 505 g/mol. The number of amides is 2. The molecule has 1 saturated heterocycles. The van der Waals surface area contributed by atoms with E-state index in [-0.39, 0.29) is 24.1 Å². The van der Waals surface area contributed by atoms with Crippen LogP contribution in [0.3, 0.4) is 0 Å². The van der Waals surface area contributed by atoms with E-state index in [9.17, 15) is 18.8 Å². The number of methoxy groups -OCH3 is 1. The number of halogens is 1. The fraction of sp³-hybridized carbons (Fsp3) is 0.185. The lowest BCUT2D eigenvalue weighted by molar-refractivity contribution is -0.129. The molecule has 0 aliphatic carbocycles. The zero-order valence-electron chi connectivity index (χ0n) is 19.5. The number of carbonyl (C=O) groups is 3. The summed E-state index contributed by atoms with van der Waals surface area (Å²) >= 11 is 1.22. The fourth-order valence-corrected chi connectivity index (χ4v) is 4.72. The molecule has 0 saturated carbocycles. The molecule has 9 heteroatoms. The van der Waals surface area contributed by atoms with E-state index >= 15 is 0 Å². The molecule has 3 aromatic rings. The van der Waals surface area contributed by atoms with Gasteiger partial charge in [0, 0.05) is 18.7 Å². The van der Waals surface area contributed by atoms with Gasteiger partial charge in [-0.05, 0) is 60.5 Å². The number of nitrogens with zero attached hydrogens (tertiary/aromatic N) is 2. The van der Waals surface area contributed by atoms with Gasteiger partial charge in [-0.1, -0.05) is 42.1 Å². The molecule has 1 aliphatic rings. The largest absolute Gasteiger partial charge is 0.465 e. The Morgan fingerprint density at radius 3 is 2.42 bits per heavy atom. The summed E-state index contributed by atoms with van der Waals surface area (Å²) < 4.78 is 17.9. The molecule has 1 aliphatic heterocycles. The number of anilines is 1. The van der Waals surface area contributed by atoms with Crippen LogP contribution in [0.4, 0.5) is 15.8 Å². The summed E-state index contributed by atoms with van der Waals surface area (Å²) in [6.45, 7) is 0.354. The SMILES string of the molecule is COC(=O)c1ccc(NC(=O)C2CC(=O)N(CCc3ccc(F)cc3)C(=Nc3ccccc3)S2)cc1. The summed E-state index contributed by atoms with van der Waals surface area (Å²) in [7, 11) is 1.30. The molecule has 184 valence electrons. The third-order valence-electron chi connectivity index (χ3n) is 5.52. The van der Waals surface area contributed by atoms with E-state index in [1.807, 2.05) is 30.3 Å². The van der Waals surface area contributed by atoms with Gasteiger partial charge in [-0.15, -0.1) is 0 Å². The molecule has 0 bridgehead atoms. The van der Waals surface area contributed by atoms with Crippen molar-refractivity contribution in [3.05, 3.63) is 95.8 Å². The molecule has 1 fully saturated rings. The maximum Gasteiger partial charge on any atom is 0.337 e. The second-order valence-electron chi connectivity index (χ2n) is 8.02. The van der Waals surface area contributed by atoms with E-state index in [2.05, 4.69) is 15.0 Å². The van der Waals surface area contributed by atoms with Gasteiger partial charge in [-0.3, -0.25) is 14.5 Å². The van der Waals surface area contributed by atoms with E-state index in [4.69, 9.17) is 0 Å². The number of amidine groups is 1. The quantitative estimate of drug-likeness (QED) is 0.466. The highest BCUT2D eigenvalue weighted by atomic mass is 32.2. The van der Waals surface area contributed by atoms with Crippen molar-refractivity contribution >= 4 is 46.1 Å². The van der Waals surface area contributed by atoms with Crippen LogP contribution in [-0.4, -0.2) is 46.8 Å². The normalized spacial score (nSPS) is 16.6. The van der Waals surface area contributed by atoms with Crippen LogP contribution in [0.15, 0.2) is 83.9 Å². The number of nitrogens with one attached hydrogen (secondary N) is 1. The molecule has 1 heterocycles. The molecule has 7 nitrogen and oxygen atoms in total. The van der Waals surface area contributed by atoms with Crippen molar-refractivity contribution in [1.82, 2.24) is 4.90 Å². The van der Waals surface area contributed by atoms with Crippen LogP contribution in [0.25, 0.3) is 0 Å². The smallest absolute Gasteiger partial charge is 0.337 e. The van der Waals surface area contributed by atoms with Crippen molar-refractivity contribution < 1.29 is 23.5 Å². The molecule has 0 aromatic heterocycles. The third kappa shape index (κ3) is 6.37. The van der Waals surface area contributed by atoms with Gasteiger partial charge in [0.25, 0.3) is 0 Å². The Kier molecular flexibility index (Phi) is 8.12. The molecule has 4 rings (SSSR count). The van der Waals surface area contributed by atoms with Crippen molar-refractivity contribution in [2.45, 2.75) is 18.1 Å². The lowest BCUT2D eigenvalue weighted by Gasteiger charge is -2.32. The topological polar surface area (TPSA) is 88.1 Å². The Hall–Kier alpha value is -3.98. The Labute approximate surface area is 212 Å². The molecule has 3 aromatic carbocycles. The van der Waals surface area contributed by atoms with E-state index in [0.717, 1.165) is 5.56 Å². The highest BCUT2D eigenvalue weighted by molar-refractivity contribution is 8.15. The lowest BCUT2D eigenvalue weighted by atomic mass is 10.1. The predicted octanol–water partition coefficient (Wildman–Crippen LogP) is 4.82. The molecule has 1 unspecified atom stereocenters. The standard InChI is InChI=1S/C27H24FN3O4S/c1-35-26(34)19-9-13-22(14-10-19)29-25(33)23-17-24(32)31(16-15-18-7-11-20(28)12-8-18)27(36-23)30-21-5-3-2-4-6-21/h2-14,23H,15-17H2,1H3,(H,29,33). The van der Waals surface area contributed by atoms with Crippen molar-refractivity contribution in [2.75, 3.05) is 19.0 Å². The van der Waals surface area contributed by atoms with E-state index in [0.29, 0.717) is 35.1 Å². The lowest BCUT2D eigenvalue weighted by Crippen LogP contribution is -2.46. The number of thioether (sulfide) groups is 1. The number of aliphatic imine (C=N–C) groups is 1. The van der Waals surface area contributed by atoms with Gasteiger partial charge in [0.2, 0.25) is 11.8 Å². The summed E-state index contributed by atoms with van der Waals surface area (Å²) in [5.41, 5.74) is 2.43. The highest BCUT2D eigenvalue weighted by Crippen LogP contribution is 2.30. The minimum absolute atomic E-state index is 0.00791. The van der Waals surface area contributed by atoms with Crippen LogP contribution in [0.1, 0.15) is 22.3 Å².